The molecule has 90 valence electrons. The van der Waals surface area contributed by atoms with Crippen LogP contribution in [0.5, 0.6) is 0 Å². The molecule has 1 amide bonds. The molecule has 0 saturated heterocycles. The standard InChI is InChI=1S/C11H24N2O2/c1-11(2,12)7-6-10(14)13-8-4-5-9-15-3/h4-9,12H2,1-3H3,(H,13,14). The van der Waals surface area contributed by atoms with Crippen molar-refractivity contribution in [2.75, 3.05) is 20.3 Å². The molecule has 3 N–H and O–H groups in total. The van der Waals surface area contributed by atoms with Crippen molar-refractivity contribution < 1.29 is 9.53 Å². The molecular formula is C11H24N2O2. The van der Waals surface area contributed by atoms with Crippen LogP contribution in [-0.2, 0) is 9.53 Å². The second kappa shape index (κ2) is 7.65. The molecule has 4 nitrogen and oxygen atoms in total. The lowest BCUT2D eigenvalue weighted by molar-refractivity contribution is -0.121. The van der Waals surface area contributed by atoms with Gasteiger partial charge in [-0.25, -0.2) is 0 Å². The van der Waals surface area contributed by atoms with Crippen LogP contribution in [0.3, 0.4) is 0 Å². The summed E-state index contributed by atoms with van der Waals surface area (Å²) in [7, 11) is 1.68. The Kier molecular flexibility index (Phi) is 7.34. The fourth-order valence-electron chi connectivity index (χ4n) is 1.12. The second-order valence-corrected chi connectivity index (χ2v) is 4.54. The third kappa shape index (κ3) is 11.3. The lowest BCUT2D eigenvalue weighted by Gasteiger charge is -2.17. The fraction of sp³-hybridized carbons (Fsp3) is 0.909. The van der Waals surface area contributed by atoms with Crippen molar-refractivity contribution in [2.24, 2.45) is 5.73 Å². The quantitative estimate of drug-likeness (QED) is 0.596. The largest absolute Gasteiger partial charge is 0.385 e. The van der Waals surface area contributed by atoms with E-state index < -0.39 is 0 Å². The third-order valence-electron chi connectivity index (χ3n) is 2.09. The van der Waals surface area contributed by atoms with Crippen LogP contribution in [0.15, 0.2) is 0 Å². The minimum absolute atomic E-state index is 0.0888. The van der Waals surface area contributed by atoms with Gasteiger partial charge in [-0.2, -0.15) is 0 Å². The molecule has 0 bridgehead atoms. The Labute approximate surface area is 92.6 Å². The van der Waals surface area contributed by atoms with Gasteiger partial charge in [0.05, 0.1) is 0 Å². The Hall–Kier alpha value is -0.610. The third-order valence-corrected chi connectivity index (χ3v) is 2.09. The summed E-state index contributed by atoms with van der Waals surface area (Å²) < 4.78 is 4.91. The van der Waals surface area contributed by atoms with E-state index >= 15 is 0 Å². The summed E-state index contributed by atoms with van der Waals surface area (Å²) in [5, 5.41) is 2.86. The van der Waals surface area contributed by atoms with E-state index in [9.17, 15) is 4.79 Å². The highest BCUT2D eigenvalue weighted by atomic mass is 16.5. The zero-order valence-corrected chi connectivity index (χ0v) is 10.1. The van der Waals surface area contributed by atoms with Gasteiger partial charge in [0.1, 0.15) is 0 Å². The summed E-state index contributed by atoms with van der Waals surface area (Å²) in [5.41, 5.74) is 5.53. The van der Waals surface area contributed by atoms with Gasteiger partial charge >= 0.3 is 0 Å². The Morgan fingerprint density at radius 2 is 2.07 bits per heavy atom. The molecular weight excluding hydrogens is 192 g/mol. The van der Waals surface area contributed by atoms with Crippen LogP contribution in [0.2, 0.25) is 0 Å². The molecule has 0 atom stereocenters. The molecule has 0 aromatic rings. The Morgan fingerprint density at radius 3 is 2.60 bits per heavy atom. The number of nitrogens with two attached hydrogens (primary N) is 1. The number of ether oxygens (including phenoxy) is 1. The first-order chi connectivity index (χ1) is 6.95. The smallest absolute Gasteiger partial charge is 0.220 e. The maximum Gasteiger partial charge on any atom is 0.220 e. The first-order valence-corrected chi connectivity index (χ1v) is 5.50. The van der Waals surface area contributed by atoms with Gasteiger partial charge in [0.2, 0.25) is 5.91 Å². The summed E-state index contributed by atoms with van der Waals surface area (Å²) in [6.07, 6.45) is 3.18. The minimum atomic E-state index is -0.257. The zero-order valence-electron chi connectivity index (χ0n) is 10.1. The van der Waals surface area contributed by atoms with Crippen molar-refractivity contribution >= 4 is 5.91 Å². The summed E-state index contributed by atoms with van der Waals surface area (Å²) >= 11 is 0. The number of unbranched alkanes of at least 4 members (excludes halogenated alkanes) is 1. The second-order valence-electron chi connectivity index (χ2n) is 4.54. The Balaban J connectivity index is 3.34. The molecule has 0 aliphatic rings. The minimum Gasteiger partial charge on any atom is -0.385 e. The van der Waals surface area contributed by atoms with Gasteiger partial charge in [0.15, 0.2) is 0 Å². The van der Waals surface area contributed by atoms with Gasteiger partial charge in [-0.3, -0.25) is 4.79 Å². The van der Waals surface area contributed by atoms with E-state index in [1.54, 1.807) is 7.11 Å². The summed E-state index contributed by atoms with van der Waals surface area (Å²) in [6.45, 7) is 5.34. The van der Waals surface area contributed by atoms with Gasteiger partial charge in [0.25, 0.3) is 0 Å². The molecule has 0 fully saturated rings. The van der Waals surface area contributed by atoms with Crippen molar-refractivity contribution in [1.29, 1.82) is 0 Å². The summed E-state index contributed by atoms with van der Waals surface area (Å²) in [4.78, 5) is 11.3. The van der Waals surface area contributed by atoms with E-state index in [0.29, 0.717) is 6.42 Å². The van der Waals surface area contributed by atoms with Gasteiger partial charge in [-0.15, -0.1) is 0 Å². The summed E-state index contributed by atoms with van der Waals surface area (Å²) in [5.74, 6) is 0.0888. The molecule has 0 spiro atoms. The van der Waals surface area contributed by atoms with E-state index in [1.807, 2.05) is 13.8 Å². The van der Waals surface area contributed by atoms with Crippen LogP contribution >= 0.6 is 0 Å². The highest BCUT2D eigenvalue weighted by Crippen LogP contribution is 2.06. The van der Waals surface area contributed by atoms with E-state index in [-0.39, 0.29) is 11.4 Å². The lowest BCUT2D eigenvalue weighted by atomic mass is 10.00. The molecule has 0 rings (SSSR count). The number of carbonyl (C=O) groups excluding carboxylic acids is 1. The zero-order chi connectivity index (χ0) is 11.7. The van der Waals surface area contributed by atoms with Crippen LogP contribution in [0.1, 0.15) is 39.5 Å². The van der Waals surface area contributed by atoms with Gasteiger partial charge in [-0.1, -0.05) is 0 Å². The number of hydrogen-bond donors (Lipinski definition) is 2. The SMILES string of the molecule is COCCCCNC(=O)CCC(C)(C)N. The van der Waals surface area contributed by atoms with E-state index in [2.05, 4.69) is 5.32 Å². The highest BCUT2D eigenvalue weighted by molar-refractivity contribution is 5.75. The highest BCUT2D eigenvalue weighted by Gasteiger charge is 2.12. The first kappa shape index (κ1) is 14.4. The van der Waals surface area contributed by atoms with Crippen molar-refractivity contribution in [3.05, 3.63) is 0 Å². The molecule has 0 heterocycles. The van der Waals surface area contributed by atoms with Gasteiger partial charge in [0, 0.05) is 32.2 Å². The average Bonchev–Trinajstić information content (AvgIpc) is 2.13. The van der Waals surface area contributed by atoms with Crippen LogP contribution < -0.4 is 11.1 Å². The maximum absolute atomic E-state index is 11.3. The predicted molar refractivity (Wildman–Crippen MR) is 61.6 cm³/mol. The van der Waals surface area contributed by atoms with Gasteiger partial charge in [-0.05, 0) is 33.1 Å². The Bertz CT molecular complexity index is 176. The monoisotopic (exact) mass is 216 g/mol. The van der Waals surface area contributed by atoms with Crippen LogP contribution in [0.4, 0.5) is 0 Å². The average molecular weight is 216 g/mol. The van der Waals surface area contributed by atoms with E-state index in [1.165, 1.54) is 0 Å². The number of hydrogen-bond acceptors (Lipinski definition) is 3. The topological polar surface area (TPSA) is 64.3 Å². The lowest BCUT2D eigenvalue weighted by Crippen LogP contribution is -2.34. The van der Waals surface area contributed by atoms with Crippen LogP contribution in [-0.4, -0.2) is 31.7 Å². The molecule has 0 aliphatic carbocycles. The fourth-order valence-corrected chi connectivity index (χ4v) is 1.12. The molecule has 0 aromatic carbocycles. The Morgan fingerprint density at radius 1 is 1.40 bits per heavy atom. The molecule has 0 unspecified atom stereocenters. The number of carbonyl (C=O) groups is 1. The molecule has 0 aliphatic heterocycles. The van der Waals surface area contributed by atoms with Crippen LogP contribution in [0.25, 0.3) is 0 Å². The van der Waals surface area contributed by atoms with Crippen molar-refractivity contribution in [3.8, 4) is 0 Å². The van der Waals surface area contributed by atoms with Gasteiger partial charge < -0.3 is 15.8 Å². The van der Waals surface area contributed by atoms with Crippen molar-refractivity contribution in [3.63, 3.8) is 0 Å². The van der Waals surface area contributed by atoms with E-state index in [4.69, 9.17) is 10.5 Å². The van der Waals surface area contributed by atoms with Crippen LogP contribution in [0, 0.1) is 0 Å². The number of rotatable bonds is 8. The molecule has 4 heteroatoms. The molecule has 0 saturated carbocycles. The molecule has 0 radical (unpaired) electrons. The van der Waals surface area contributed by atoms with Crippen molar-refractivity contribution in [1.82, 2.24) is 5.32 Å². The summed E-state index contributed by atoms with van der Waals surface area (Å²) in [6, 6.07) is 0. The molecule has 0 aromatic heterocycles. The van der Waals surface area contributed by atoms with Crippen molar-refractivity contribution in [2.45, 2.75) is 45.1 Å². The maximum atomic E-state index is 11.3. The number of methoxy groups -OCH3 is 1. The normalized spacial score (nSPS) is 11.5. The number of nitrogens with one attached hydrogen (secondary N) is 1. The number of amides is 1. The van der Waals surface area contributed by atoms with E-state index in [0.717, 1.165) is 32.4 Å². The first-order valence-electron chi connectivity index (χ1n) is 5.50. The predicted octanol–water partition coefficient (Wildman–Crippen LogP) is 1.05. The molecule has 15 heavy (non-hydrogen) atoms.